The predicted octanol–water partition coefficient (Wildman–Crippen LogP) is 2.81. The minimum absolute atomic E-state index is 0.0176. The Balaban J connectivity index is 1.48. The summed E-state index contributed by atoms with van der Waals surface area (Å²) in [6.07, 6.45) is 2.41. The standard InChI is InChI=1S/C35H41N5O6/c1-21(2)16-29(38-32(42)27(36)19-24-20-37-28-11-7-6-10-26(24)28)33(43)39-30(17-22-8-4-3-5-9-22)34(44)40-31(35(45)46)18-23-12-14-25(41)15-13-23/h3-15,20-21,27,29-31,37,41H,16-19,36H2,1-2H3,(H,38,42)(H,39,43)(H,40,44)(H,45,46). The maximum atomic E-state index is 13.7. The second kappa shape index (κ2) is 15.7. The zero-order chi connectivity index (χ0) is 33.2. The van der Waals surface area contributed by atoms with Crippen molar-refractivity contribution in [2.75, 3.05) is 0 Å². The third-order valence-electron chi connectivity index (χ3n) is 7.70. The molecule has 0 bridgehead atoms. The van der Waals surface area contributed by atoms with Crippen LogP contribution in [0.5, 0.6) is 5.75 Å². The molecule has 11 nitrogen and oxygen atoms in total. The summed E-state index contributed by atoms with van der Waals surface area (Å²) in [5.41, 5.74) is 9.44. The Labute approximate surface area is 267 Å². The molecule has 11 heteroatoms. The first kappa shape index (κ1) is 33.7. The average Bonchev–Trinajstić information content (AvgIpc) is 3.43. The number of phenols is 1. The molecule has 8 N–H and O–H groups in total. The minimum atomic E-state index is -1.29. The molecule has 0 aliphatic rings. The predicted molar refractivity (Wildman–Crippen MR) is 175 cm³/mol. The number of carbonyl (C=O) groups excluding carboxylic acids is 3. The number of hydrogen-bond acceptors (Lipinski definition) is 6. The topological polar surface area (TPSA) is 187 Å². The minimum Gasteiger partial charge on any atom is -0.508 e. The lowest BCUT2D eigenvalue weighted by atomic mass is 9.99. The van der Waals surface area contributed by atoms with Gasteiger partial charge < -0.3 is 36.9 Å². The molecule has 4 unspecified atom stereocenters. The summed E-state index contributed by atoms with van der Waals surface area (Å²) in [7, 11) is 0. The Morgan fingerprint density at radius 2 is 1.28 bits per heavy atom. The van der Waals surface area contributed by atoms with Crippen LogP contribution in [-0.4, -0.2) is 63.1 Å². The summed E-state index contributed by atoms with van der Waals surface area (Å²) in [4.78, 5) is 55.8. The number of carbonyl (C=O) groups is 4. The average molecular weight is 628 g/mol. The first-order chi connectivity index (χ1) is 22.0. The van der Waals surface area contributed by atoms with E-state index in [1.807, 2.05) is 50.4 Å². The number of aromatic hydroxyl groups is 1. The van der Waals surface area contributed by atoms with Gasteiger partial charge in [0.2, 0.25) is 17.7 Å². The third kappa shape index (κ3) is 9.42. The number of carboxylic acids is 1. The number of carboxylic acid groups (broad SMARTS) is 1. The molecule has 4 rings (SSSR count). The molecular formula is C35H41N5O6. The fourth-order valence-corrected chi connectivity index (χ4v) is 5.28. The van der Waals surface area contributed by atoms with Gasteiger partial charge in [0, 0.05) is 29.9 Å². The van der Waals surface area contributed by atoms with E-state index in [-0.39, 0.29) is 37.4 Å². The van der Waals surface area contributed by atoms with Crippen LogP contribution in [0.1, 0.15) is 37.0 Å². The first-order valence-electron chi connectivity index (χ1n) is 15.3. The van der Waals surface area contributed by atoms with Gasteiger partial charge in [-0.1, -0.05) is 74.5 Å². The van der Waals surface area contributed by atoms with Crippen molar-refractivity contribution in [1.82, 2.24) is 20.9 Å². The van der Waals surface area contributed by atoms with Crippen molar-refractivity contribution in [2.24, 2.45) is 11.7 Å². The number of nitrogens with one attached hydrogen (secondary N) is 4. The molecule has 4 aromatic rings. The second-order valence-electron chi connectivity index (χ2n) is 11.9. The summed E-state index contributed by atoms with van der Waals surface area (Å²) < 4.78 is 0. The molecule has 242 valence electrons. The van der Waals surface area contributed by atoms with Crippen molar-refractivity contribution < 1.29 is 29.4 Å². The van der Waals surface area contributed by atoms with Crippen LogP contribution < -0.4 is 21.7 Å². The van der Waals surface area contributed by atoms with Gasteiger partial charge in [0.1, 0.15) is 23.9 Å². The van der Waals surface area contributed by atoms with Gasteiger partial charge in [-0.15, -0.1) is 0 Å². The van der Waals surface area contributed by atoms with E-state index < -0.39 is 47.9 Å². The van der Waals surface area contributed by atoms with Crippen molar-refractivity contribution in [1.29, 1.82) is 0 Å². The number of hydrogen-bond donors (Lipinski definition) is 7. The van der Waals surface area contributed by atoms with Crippen LogP contribution in [-0.2, 0) is 38.4 Å². The third-order valence-corrected chi connectivity index (χ3v) is 7.70. The molecule has 0 radical (unpaired) electrons. The molecule has 0 fully saturated rings. The maximum absolute atomic E-state index is 13.7. The monoisotopic (exact) mass is 627 g/mol. The number of rotatable bonds is 15. The number of benzene rings is 3. The molecule has 0 spiro atoms. The van der Waals surface area contributed by atoms with Crippen molar-refractivity contribution in [3.63, 3.8) is 0 Å². The van der Waals surface area contributed by atoms with Crippen LogP contribution >= 0.6 is 0 Å². The largest absolute Gasteiger partial charge is 0.508 e. The number of nitrogens with two attached hydrogens (primary N) is 1. The van der Waals surface area contributed by atoms with E-state index >= 15 is 0 Å². The molecule has 0 saturated heterocycles. The molecule has 3 aromatic carbocycles. The van der Waals surface area contributed by atoms with Crippen molar-refractivity contribution in [2.45, 2.75) is 63.7 Å². The van der Waals surface area contributed by atoms with Crippen molar-refractivity contribution >= 4 is 34.6 Å². The Bertz CT molecular complexity index is 1640. The maximum Gasteiger partial charge on any atom is 0.326 e. The van der Waals surface area contributed by atoms with E-state index in [2.05, 4.69) is 20.9 Å². The molecule has 0 aliphatic heterocycles. The Morgan fingerprint density at radius 1 is 0.717 bits per heavy atom. The fraction of sp³-hybridized carbons (Fsp3) is 0.314. The molecule has 4 atom stereocenters. The van der Waals surface area contributed by atoms with Gasteiger partial charge in [-0.25, -0.2) is 4.79 Å². The number of para-hydroxylation sites is 1. The molecule has 3 amide bonds. The SMILES string of the molecule is CC(C)CC(NC(=O)C(N)Cc1c[nH]c2ccccc12)C(=O)NC(Cc1ccccc1)C(=O)NC(Cc1ccc(O)cc1)C(=O)O. The van der Waals surface area contributed by atoms with E-state index in [0.717, 1.165) is 22.0 Å². The van der Waals surface area contributed by atoms with Crippen molar-refractivity contribution in [3.8, 4) is 5.75 Å². The molecule has 46 heavy (non-hydrogen) atoms. The van der Waals surface area contributed by atoms with Crippen LogP contribution in [0.3, 0.4) is 0 Å². The van der Waals surface area contributed by atoms with Crippen molar-refractivity contribution in [3.05, 3.63) is 102 Å². The van der Waals surface area contributed by atoms with Crippen LogP contribution in [0.25, 0.3) is 10.9 Å². The Hall–Kier alpha value is -5.16. The van der Waals surface area contributed by atoms with Gasteiger partial charge >= 0.3 is 5.97 Å². The molecule has 0 aliphatic carbocycles. The van der Waals surface area contributed by atoms with Gasteiger partial charge in [0.05, 0.1) is 6.04 Å². The quantitative estimate of drug-likeness (QED) is 0.106. The van der Waals surface area contributed by atoms with Gasteiger partial charge in [-0.3, -0.25) is 14.4 Å². The smallest absolute Gasteiger partial charge is 0.326 e. The fourth-order valence-electron chi connectivity index (χ4n) is 5.28. The number of phenolic OH excluding ortho intramolecular Hbond substituents is 1. The number of aromatic amines is 1. The first-order valence-corrected chi connectivity index (χ1v) is 15.3. The lowest BCUT2D eigenvalue weighted by Crippen LogP contribution is -2.58. The highest BCUT2D eigenvalue weighted by Crippen LogP contribution is 2.19. The van der Waals surface area contributed by atoms with E-state index in [0.29, 0.717) is 5.56 Å². The number of H-pyrrole nitrogens is 1. The number of amides is 3. The summed E-state index contributed by atoms with van der Waals surface area (Å²) in [6.45, 7) is 3.82. The summed E-state index contributed by atoms with van der Waals surface area (Å²) in [5.74, 6) is -2.97. The number of aromatic nitrogens is 1. The van der Waals surface area contributed by atoms with Gasteiger partial charge in [-0.2, -0.15) is 0 Å². The van der Waals surface area contributed by atoms with Crippen LogP contribution in [0, 0.1) is 5.92 Å². The van der Waals surface area contributed by atoms with Crippen LogP contribution in [0.2, 0.25) is 0 Å². The normalized spacial score (nSPS) is 13.8. The summed E-state index contributed by atoms with van der Waals surface area (Å²) in [5, 5.41) is 28.5. The molecule has 0 saturated carbocycles. The Kier molecular flexibility index (Phi) is 11.5. The van der Waals surface area contributed by atoms with Gasteiger partial charge in [0.25, 0.3) is 0 Å². The molecule has 1 aromatic heterocycles. The Morgan fingerprint density at radius 3 is 1.96 bits per heavy atom. The van der Waals surface area contributed by atoms with Gasteiger partial charge in [0.15, 0.2) is 0 Å². The zero-order valence-electron chi connectivity index (χ0n) is 25.9. The highest BCUT2D eigenvalue weighted by Gasteiger charge is 2.31. The summed E-state index contributed by atoms with van der Waals surface area (Å²) in [6, 6.07) is 18.4. The zero-order valence-corrected chi connectivity index (χ0v) is 25.9. The second-order valence-corrected chi connectivity index (χ2v) is 11.9. The van der Waals surface area contributed by atoms with Crippen LogP contribution in [0.15, 0.2) is 85.1 Å². The highest BCUT2D eigenvalue weighted by molar-refractivity contribution is 5.94. The summed E-state index contributed by atoms with van der Waals surface area (Å²) >= 11 is 0. The lowest BCUT2D eigenvalue weighted by Gasteiger charge is -2.26. The van der Waals surface area contributed by atoms with Gasteiger partial charge in [-0.05, 0) is 53.6 Å². The lowest BCUT2D eigenvalue weighted by molar-refractivity contribution is -0.142. The van der Waals surface area contributed by atoms with E-state index in [1.165, 1.54) is 12.1 Å². The molecule has 1 heterocycles. The van der Waals surface area contributed by atoms with E-state index in [1.54, 1.807) is 36.4 Å². The number of fused-ring (bicyclic) bond motifs is 1. The highest BCUT2D eigenvalue weighted by atomic mass is 16.4. The van der Waals surface area contributed by atoms with E-state index in [4.69, 9.17) is 5.73 Å². The van der Waals surface area contributed by atoms with Crippen LogP contribution in [0.4, 0.5) is 0 Å². The molecular weight excluding hydrogens is 586 g/mol. The van der Waals surface area contributed by atoms with E-state index in [9.17, 15) is 29.4 Å². The number of aliphatic carboxylic acids is 1.